The molecular formula is C8H7BrF2O3. The number of carbonyl (C=O) groups excluding carboxylic acids is 1. The van der Waals surface area contributed by atoms with Gasteiger partial charge in [-0.2, -0.15) is 8.78 Å². The van der Waals surface area contributed by atoms with Crippen LogP contribution in [0.25, 0.3) is 0 Å². The van der Waals surface area contributed by atoms with E-state index >= 15 is 0 Å². The van der Waals surface area contributed by atoms with Crippen molar-refractivity contribution in [2.75, 3.05) is 6.61 Å². The van der Waals surface area contributed by atoms with E-state index in [1.165, 1.54) is 13.0 Å². The lowest BCUT2D eigenvalue weighted by atomic mass is 10.2. The van der Waals surface area contributed by atoms with Crippen LogP contribution in [0, 0.1) is 0 Å². The van der Waals surface area contributed by atoms with Crippen molar-refractivity contribution in [2.45, 2.75) is 12.8 Å². The first-order valence-electron chi connectivity index (χ1n) is 3.79. The highest BCUT2D eigenvalue weighted by atomic mass is 79.9. The maximum Gasteiger partial charge on any atom is 0.399 e. The summed E-state index contributed by atoms with van der Waals surface area (Å²) in [6.07, 6.45) is 0. The minimum Gasteiger partial charge on any atom is -0.461 e. The molecule has 0 amide bonds. The number of esters is 1. The van der Waals surface area contributed by atoms with Gasteiger partial charge >= 0.3 is 11.9 Å². The number of rotatable bonds is 3. The molecule has 0 bridgehead atoms. The summed E-state index contributed by atoms with van der Waals surface area (Å²) in [6.45, 7) is 1.35. The molecule has 0 aliphatic rings. The molecule has 0 aromatic carbocycles. The van der Waals surface area contributed by atoms with Gasteiger partial charge in [-0.15, -0.1) is 0 Å². The number of carbonyl (C=O) groups is 1. The number of hydrogen-bond acceptors (Lipinski definition) is 3. The van der Waals surface area contributed by atoms with E-state index in [4.69, 9.17) is 0 Å². The average Bonchev–Trinajstić information content (AvgIpc) is 2.52. The lowest BCUT2D eigenvalue weighted by Gasteiger charge is -2.11. The molecule has 0 aliphatic heterocycles. The fourth-order valence-corrected chi connectivity index (χ4v) is 1.11. The second-order valence-corrected chi connectivity index (χ2v) is 3.18. The van der Waals surface area contributed by atoms with Crippen LogP contribution in [0.15, 0.2) is 21.2 Å². The maximum absolute atomic E-state index is 13.2. The fourth-order valence-electron chi connectivity index (χ4n) is 0.805. The van der Waals surface area contributed by atoms with E-state index in [1.807, 2.05) is 0 Å². The van der Waals surface area contributed by atoms with Gasteiger partial charge in [0, 0.05) is 0 Å². The maximum atomic E-state index is 13.2. The Labute approximate surface area is 87.2 Å². The molecule has 6 heteroatoms. The van der Waals surface area contributed by atoms with E-state index in [-0.39, 0.29) is 11.3 Å². The van der Waals surface area contributed by atoms with Gasteiger partial charge in [-0.1, -0.05) is 0 Å². The van der Waals surface area contributed by atoms with Gasteiger partial charge in [0.25, 0.3) is 0 Å². The van der Waals surface area contributed by atoms with Gasteiger partial charge in [0.1, 0.15) is 0 Å². The third-order valence-corrected chi connectivity index (χ3v) is 1.84. The van der Waals surface area contributed by atoms with E-state index in [1.54, 1.807) is 0 Å². The van der Waals surface area contributed by atoms with Gasteiger partial charge in [-0.05, 0) is 35.0 Å². The summed E-state index contributed by atoms with van der Waals surface area (Å²) in [7, 11) is 0. The number of furan rings is 1. The highest BCUT2D eigenvalue weighted by Gasteiger charge is 2.45. The molecule has 0 atom stereocenters. The summed E-state index contributed by atoms with van der Waals surface area (Å²) in [4.78, 5) is 10.8. The third-order valence-electron chi connectivity index (χ3n) is 1.41. The molecule has 0 radical (unpaired) electrons. The largest absolute Gasteiger partial charge is 0.461 e. The monoisotopic (exact) mass is 268 g/mol. The molecular weight excluding hydrogens is 262 g/mol. The lowest BCUT2D eigenvalue weighted by Crippen LogP contribution is -2.27. The van der Waals surface area contributed by atoms with Crippen molar-refractivity contribution in [3.63, 3.8) is 0 Å². The Kier molecular flexibility index (Phi) is 3.25. The van der Waals surface area contributed by atoms with Gasteiger partial charge < -0.3 is 9.15 Å². The number of alkyl halides is 2. The Morgan fingerprint density at radius 1 is 1.64 bits per heavy atom. The first kappa shape index (κ1) is 11.2. The lowest BCUT2D eigenvalue weighted by molar-refractivity contribution is -0.175. The van der Waals surface area contributed by atoms with Crippen LogP contribution in [-0.2, 0) is 15.5 Å². The van der Waals surface area contributed by atoms with Crippen molar-refractivity contribution in [1.29, 1.82) is 0 Å². The molecule has 14 heavy (non-hydrogen) atoms. The molecule has 1 heterocycles. The zero-order valence-electron chi connectivity index (χ0n) is 7.22. The van der Waals surface area contributed by atoms with Crippen molar-refractivity contribution < 1.29 is 22.7 Å². The van der Waals surface area contributed by atoms with E-state index < -0.39 is 17.7 Å². The first-order chi connectivity index (χ1) is 6.48. The highest BCUT2D eigenvalue weighted by molar-refractivity contribution is 9.10. The predicted octanol–water partition coefficient (Wildman–Crippen LogP) is 2.70. The standard InChI is InChI=1S/C8H7BrF2O3/c1-2-13-7(12)8(10,11)5-3-4-6(9)14-5/h3-4H,2H2,1H3. The molecule has 0 spiro atoms. The van der Waals surface area contributed by atoms with Crippen molar-refractivity contribution in [2.24, 2.45) is 0 Å². The minimum atomic E-state index is -3.73. The Morgan fingerprint density at radius 2 is 2.29 bits per heavy atom. The SMILES string of the molecule is CCOC(=O)C(F)(F)c1ccc(Br)o1. The molecule has 0 fully saturated rings. The molecule has 1 rings (SSSR count). The Hall–Kier alpha value is -0.910. The quantitative estimate of drug-likeness (QED) is 0.792. The van der Waals surface area contributed by atoms with E-state index in [0.717, 1.165) is 6.07 Å². The van der Waals surface area contributed by atoms with Gasteiger partial charge in [0.2, 0.25) is 0 Å². The van der Waals surface area contributed by atoms with Crippen LogP contribution in [0.5, 0.6) is 0 Å². The Balaban J connectivity index is 2.89. The average molecular weight is 269 g/mol. The normalized spacial score (nSPS) is 11.4. The summed E-state index contributed by atoms with van der Waals surface area (Å²) < 4.78 is 35.2. The summed E-state index contributed by atoms with van der Waals surface area (Å²) in [5.41, 5.74) is 0. The number of ether oxygens (including phenoxy) is 1. The summed E-state index contributed by atoms with van der Waals surface area (Å²) in [5, 5.41) is 0. The molecule has 1 aromatic rings. The second kappa shape index (κ2) is 4.08. The fraction of sp³-hybridized carbons (Fsp3) is 0.375. The smallest absolute Gasteiger partial charge is 0.399 e. The van der Waals surface area contributed by atoms with Crippen LogP contribution in [0.4, 0.5) is 8.78 Å². The number of hydrogen-bond donors (Lipinski definition) is 0. The molecule has 0 aliphatic carbocycles. The van der Waals surface area contributed by atoms with Gasteiger partial charge in [0.05, 0.1) is 6.61 Å². The van der Waals surface area contributed by atoms with Crippen LogP contribution < -0.4 is 0 Å². The van der Waals surface area contributed by atoms with Crippen molar-refractivity contribution in [3.8, 4) is 0 Å². The summed E-state index contributed by atoms with van der Waals surface area (Å²) in [6, 6.07) is 2.30. The second-order valence-electron chi connectivity index (χ2n) is 2.40. The van der Waals surface area contributed by atoms with E-state index in [0.29, 0.717) is 0 Å². The third kappa shape index (κ3) is 2.12. The van der Waals surface area contributed by atoms with Gasteiger partial charge in [0.15, 0.2) is 10.4 Å². The molecule has 78 valence electrons. The Morgan fingerprint density at radius 3 is 2.71 bits per heavy atom. The summed E-state index contributed by atoms with van der Waals surface area (Å²) in [5.74, 6) is -6.08. The van der Waals surface area contributed by atoms with Crippen LogP contribution in [-0.4, -0.2) is 12.6 Å². The molecule has 1 aromatic heterocycles. The van der Waals surface area contributed by atoms with Crippen molar-refractivity contribution in [3.05, 3.63) is 22.6 Å². The summed E-state index contributed by atoms with van der Waals surface area (Å²) >= 11 is 2.86. The number of halogens is 3. The highest BCUT2D eigenvalue weighted by Crippen LogP contribution is 2.32. The van der Waals surface area contributed by atoms with E-state index in [9.17, 15) is 13.6 Å². The topological polar surface area (TPSA) is 39.4 Å². The Bertz CT molecular complexity index is 335. The van der Waals surface area contributed by atoms with Gasteiger partial charge in [-0.3, -0.25) is 0 Å². The van der Waals surface area contributed by atoms with Crippen molar-refractivity contribution >= 4 is 21.9 Å². The molecule has 0 N–H and O–H groups in total. The zero-order valence-corrected chi connectivity index (χ0v) is 8.81. The van der Waals surface area contributed by atoms with Crippen molar-refractivity contribution in [1.82, 2.24) is 0 Å². The molecule has 0 unspecified atom stereocenters. The molecule has 0 saturated carbocycles. The van der Waals surface area contributed by atoms with Crippen LogP contribution in [0.1, 0.15) is 12.7 Å². The van der Waals surface area contributed by atoms with Gasteiger partial charge in [-0.25, -0.2) is 4.79 Å². The molecule has 0 saturated heterocycles. The van der Waals surface area contributed by atoms with Crippen LogP contribution >= 0.6 is 15.9 Å². The zero-order chi connectivity index (χ0) is 10.8. The predicted molar refractivity (Wildman–Crippen MR) is 46.9 cm³/mol. The first-order valence-corrected chi connectivity index (χ1v) is 4.58. The molecule has 3 nitrogen and oxygen atoms in total. The van der Waals surface area contributed by atoms with Crippen LogP contribution in [0.2, 0.25) is 0 Å². The van der Waals surface area contributed by atoms with E-state index in [2.05, 4.69) is 25.1 Å². The minimum absolute atomic E-state index is 0.101. The van der Waals surface area contributed by atoms with Crippen LogP contribution in [0.3, 0.4) is 0 Å².